The number of nitrogens with one attached hydrogen (secondary N) is 2. The largest absolute Gasteiger partial charge is 0.374 e. The molecule has 2 fully saturated rings. The summed E-state index contributed by atoms with van der Waals surface area (Å²) in [5.41, 5.74) is 0.749. The predicted molar refractivity (Wildman–Crippen MR) is 99.5 cm³/mol. The molecule has 2 amide bonds. The number of carbonyl (C=O) groups excluding carboxylic acids is 1. The Balaban J connectivity index is 1.38. The van der Waals surface area contributed by atoms with Crippen LogP contribution in [0.2, 0.25) is 0 Å². The van der Waals surface area contributed by atoms with Gasteiger partial charge < -0.3 is 20.3 Å². The first-order valence-electron chi connectivity index (χ1n) is 9.46. The summed E-state index contributed by atoms with van der Waals surface area (Å²) in [7, 11) is 0. The van der Waals surface area contributed by atoms with Crippen LogP contribution < -0.4 is 10.6 Å². The lowest BCUT2D eigenvalue weighted by Gasteiger charge is -2.36. The Kier molecular flexibility index (Phi) is 5.97. The highest BCUT2D eigenvalue weighted by Gasteiger charge is 2.32. The van der Waals surface area contributed by atoms with Crippen LogP contribution in [-0.4, -0.2) is 48.3 Å². The van der Waals surface area contributed by atoms with Gasteiger partial charge in [-0.3, -0.25) is 0 Å². The first-order valence-corrected chi connectivity index (χ1v) is 9.46. The van der Waals surface area contributed by atoms with E-state index >= 15 is 0 Å². The number of hydrogen-bond donors (Lipinski definition) is 2. The van der Waals surface area contributed by atoms with Crippen LogP contribution in [0.25, 0.3) is 0 Å². The molecule has 5 heteroatoms. The fourth-order valence-electron chi connectivity index (χ4n) is 3.92. The summed E-state index contributed by atoms with van der Waals surface area (Å²) < 4.78 is 5.78. The lowest BCUT2D eigenvalue weighted by Crippen LogP contribution is -2.55. The van der Waals surface area contributed by atoms with Crippen molar-refractivity contribution < 1.29 is 9.53 Å². The second-order valence-electron chi connectivity index (χ2n) is 8.01. The van der Waals surface area contributed by atoms with Crippen LogP contribution in [0.15, 0.2) is 30.3 Å². The Morgan fingerprint density at radius 3 is 2.84 bits per heavy atom. The molecule has 2 N–H and O–H groups in total. The van der Waals surface area contributed by atoms with Gasteiger partial charge in [0.25, 0.3) is 0 Å². The molecule has 0 aromatic heterocycles. The van der Waals surface area contributed by atoms with Gasteiger partial charge in [-0.25, -0.2) is 4.79 Å². The molecule has 138 valence electrons. The number of hydrogen-bond acceptors (Lipinski definition) is 3. The van der Waals surface area contributed by atoms with Gasteiger partial charge in [-0.15, -0.1) is 0 Å². The number of fused-ring (bicyclic) bond motifs is 1. The highest BCUT2D eigenvalue weighted by atomic mass is 16.5. The van der Waals surface area contributed by atoms with Crippen molar-refractivity contribution in [1.82, 2.24) is 15.5 Å². The van der Waals surface area contributed by atoms with Gasteiger partial charge in [0, 0.05) is 18.6 Å². The number of benzene rings is 1. The summed E-state index contributed by atoms with van der Waals surface area (Å²) in [5, 5.41) is 6.22. The highest BCUT2D eigenvalue weighted by Crippen LogP contribution is 2.26. The van der Waals surface area contributed by atoms with Crippen LogP contribution in [0.4, 0.5) is 4.79 Å². The molecule has 25 heavy (non-hydrogen) atoms. The maximum Gasteiger partial charge on any atom is 0.315 e. The SMILES string of the molecule is CC(C)(COCc1ccccc1)NC(=O)N[C@@H]1CCN2CCC[C@@H]2C1. The molecule has 2 heterocycles. The van der Waals surface area contributed by atoms with E-state index in [9.17, 15) is 4.79 Å². The van der Waals surface area contributed by atoms with Crippen molar-refractivity contribution in [3.05, 3.63) is 35.9 Å². The number of carbonyl (C=O) groups is 1. The van der Waals surface area contributed by atoms with Gasteiger partial charge in [0.2, 0.25) is 0 Å². The monoisotopic (exact) mass is 345 g/mol. The van der Waals surface area contributed by atoms with Crippen LogP contribution in [0.3, 0.4) is 0 Å². The topological polar surface area (TPSA) is 53.6 Å². The molecular formula is C20H31N3O2. The van der Waals surface area contributed by atoms with Gasteiger partial charge in [-0.05, 0) is 51.6 Å². The van der Waals surface area contributed by atoms with Crippen LogP contribution in [0.5, 0.6) is 0 Å². The number of ether oxygens (including phenoxy) is 1. The van der Waals surface area contributed by atoms with E-state index in [0.717, 1.165) is 24.9 Å². The van der Waals surface area contributed by atoms with Crippen molar-refractivity contribution >= 4 is 6.03 Å². The van der Waals surface area contributed by atoms with Crippen LogP contribution in [0.1, 0.15) is 45.1 Å². The van der Waals surface area contributed by atoms with Crippen molar-refractivity contribution in [1.29, 1.82) is 0 Å². The third kappa shape index (κ3) is 5.44. The molecule has 0 saturated carbocycles. The molecule has 2 aliphatic heterocycles. The lowest BCUT2D eigenvalue weighted by molar-refractivity contribution is 0.0737. The molecule has 0 aliphatic carbocycles. The first-order chi connectivity index (χ1) is 12.0. The lowest BCUT2D eigenvalue weighted by atomic mass is 9.98. The number of amides is 2. The quantitative estimate of drug-likeness (QED) is 0.833. The average molecular weight is 345 g/mol. The zero-order valence-electron chi connectivity index (χ0n) is 15.5. The summed E-state index contributed by atoms with van der Waals surface area (Å²) in [5.74, 6) is 0. The van der Waals surface area contributed by atoms with Gasteiger partial charge in [0.15, 0.2) is 0 Å². The Bertz CT molecular complexity index is 561. The third-order valence-electron chi connectivity index (χ3n) is 5.18. The number of rotatable bonds is 6. The van der Waals surface area contributed by atoms with E-state index in [1.165, 1.54) is 19.4 Å². The normalized spacial score (nSPS) is 23.9. The van der Waals surface area contributed by atoms with E-state index in [2.05, 4.69) is 15.5 Å². The van der Waals surface area contributed by atoms with Crippen LogP contribution in [-0.2, 0) is 11.3 Å². The summed E-state index contributed by atoms with van der Waals surface area (Å²) >= 11 is 0. The van der Waals surface area contributed by atoms with Gasteiger partial charge in [0.05, 0.1) is 18.8 Å². The Morgan fingerprint density at radius 2 is 2.04 bits per heavy atom. The molecule has 0 bridgehead atoms. The fraction of sp³-hybridized carbons (Fsp3) is 0.650. The van der Waals surface area contributed by atoms with Gasteiger partial charge >= 0.3 is 6.03 Å². The zero-order valence-corrected chi connectivity index (χ0v) is 15.5. The number of nitrogens with zero attached hydrogens (tertiary/aromatic N) is 1. The van der Waals surface area contributed by atoms with E-state index in [-0.39, 0.29) is 6.03 Å². The Labute approximate surface area is 151 Å². The van der Waals surface area contributed by atoms with E-state index in [1.54, 1.807) is 0 Å². The predicted octanol–water partition coefficient (Wildman–Crippen LogP) is 2.91. The van der Waals surface area contributed by atoms with E-state index < -0.39 is 5.54 Å². The molecule has 1 aromatic carbocycles. The summed E-state index contributed by atoms with van der Waals surface area (Å²) in [6.45, 7) is 7.38. The smallest absolute Gasteiger partial charge is 0.315 e. The van der Waals surface area contributed by atoms with Crippen molar-refractivity contribution in [2.24, 2.45) is 0 Å². The molecule has 1 aromatic rings. The van der Waals surface area contributed by atoms with E-state index in [4.69, 9.17) is 4.74 Å². The average Bonchev–Trinajstić information content (AvgIpc) is 3.02. The molecule has 2 aliphatic rings. The maximum atomic E-state index is 12.4. The minimum atomic E-state index is -0.396. The molecule has 2 atom stereocenters. The Morgan fingerprint density at radius 1 is 1.24 bits per heavy atom. The van der Waals surface area contributed by atoms with Crippen LogP contribution >= 0.6 is 0 Å². The molecular weight excluding hydrogens is 314 g/mol. The molecule has 2 saturated heterocycles. The van der Waals surface area contributed by atoms with Crippen LogP contribution in [0, 0.1) is 0 Å². The molecule has 5 nitrogen and oxygen atoms in total. The Hall–Kier alpha value is -1.59. The molecule has 0 spiro atoms. The van der Waals surface area contributed by atoms with Gasteiger partial charge in [-0.1, -0.05) is 30.3 Å². The van der Waals surface area contributed by atoms with E-state index in [0.29, 0.717) is 25.3 Å². The van der Waals surface area contributed by atoms with Crippen molar-refractivity contribution in [2.75, 3.05) is 19.7 Å². The minimum Gasteiger partial charge on any atom is -0.374 e. The maximum absolute atomic E-state index is 12.4. The second-order valence-corrected chi connectivity index (χ2v) is 8.01. The number of piperidine rings is 1. The van der Waals surface area contributed by atoms with Gasteiger partial charge in [-0.2, -0.15) is 0 Å². The molecule has 0 radical (unpaired) electrons. The van der Waals surface area contributed by atoms with Crippen molar-refractivity contribution in [2.45, 2.75) is 63.8 Å². The second kappa shape index (κ2) is 8.19. The first kappa shape index (κ1) is 18.2. The third-order valence-corrected chi connectivity index (χ3v) is 5.18. The van der Waals surface area contributed by atoms with Crippen molar-refractivity contribution in [3.63, 3.8) is 0 Å². The van der Waals surface area contributed by atoms with E-state index in [1.807, 2.05) is 44.2 Å². The highest BCUT2D eigenvalue weighted by molar-refractivity contribution is 5.75. The minimum absolute atomic E-state index is 0.0789. The van der Waals surface area contributed by atoms with Gasteiger partial charge in [0.1, 0.15) is 0 Å². The summed E-state index contributed by atoms with van der Waals surface area (Å²) in [6.07, 6.45) is 4.71. The zero-order chi connectivity index (χ0) is 17.7. The molecule has 0 unspecified atom stereocenters. The molecule has 3 rings (SSSR count). The standard InChI is InChI=1S/C20H31N3O2/c1-20(2,15-25-14-16-7-4-3-5-8-16)22-19(24)21-17-10-12-23-11-6-9-18(23)13-17/h3-5,7-8,17-18H,6,9-15H2,1-2H3,(H2,21,22,24)/t17-,18-/m1/s1. The summed E-state index contributed by atoms with van der Waals surface area (Å²) in [6, 6.07) is 11.0. The fourth-order valence-corrected chi connectivity index (χ4v) is 3.92. The number of urea groups is 1. The van der Waals surface area contributed by atoms with Crippen molar-refractivity contribution in [3.8, 4) is 0 Å². The summed E-state index contributed by atoms with van der Waals surface area (Å²) in [4.78, 5) is 14.9.